The summed E-state index contributed by atoms with van der Waals surface area (Å²) in [6.45, 7) is 4.39. The molecule has 0 saturated heterocycles. The number of hydrogen-bond donors (Lipinski definition) is 1. The smallest absolute Gasteiger partial charge is 0.0551 e. The molecule has 0 amide bonds. The predicted octanol–water partition coefficient (Wildman–Crippen LogP) is 8.94. The second-order valence-corrected chi connectivity index (χ2v) is 8.76. The first-order valence-electron chi connectivity index (χ1n) is 11.5. The molecule has 0 fully saturated rings. The fourth-order valence-corrected chi connectivity index (χ4v) is 5.15. The third-order valence-corrected chi connectivity index (χ3v) is 6.72. The minimum absolute atomic E-state index is 1.19. The van der Waals surface area contributed by atoms with Gasteiger partial charge in [-0.25, -0.2) is 0 Å². The Kier molecular flexibility index (Phi) is 4.62. The van der Waals surface area contributed by atoms with Crippen molar-refractivity contribution in [2.45, 2.75) is 13.8 Å². The average Bonchev–Trinajstić information content (AvgIpc) is 3.24. The fraction of sp³-hybridized carbons (Fsp3) is 0.0625. The van der Waals surface area contributed by atoms with Crippen LogP contribution in [0.25, 0.3) is 55.2 Å². The van der Waals surface area contributed by atoms with Crippen molar-refractivity contribution in [2.75, 3.05) is 0 Å². The third-order valence-electron chi connectivity index (χ3n) is 6.72. The molecule has 0 unspecified atom stereocenters. The fourth-order valence-electron chi connectivity index (χ4n) is 5.15. The Morgan fingerprint density at radius 3 is 1.94 bits per heavy atom. The summed E-state index contributed by atoms with van der Waals surface area (Å²) in [5.74, 6) is 0. The zero-order valence-electron chi connectivity index (χ0n) is 18.9. The van der Waals surface area contributed by atoms with E-state index in [1.165, 1.54) is 66.3 Å². The first-order chi connectivity index (χ1) is 16.2. The molecule has 1 heterocycles. The van der Waals surface area contributed by atoms with Gasteiger partial charge in [0.15, 0.2) is 0 Å². The number of H-pyrrole nitrogens is 1. The number of rotatable bonds is 3. The van der Waals surface area contributed by atoms with Gasteiger partial charge in [0.1, 0.15) is 0 Å². The number of aryl methyl sites for hydroxylation is 2. The van der Waals surface area contributed by atoms with E-state index in [4.69, 9.17) is 0 Å². The van der Waals surface area contributed by atoms with Gasteiger partial charge in [0.25, 0.3) is 0 Å². The molecule has 1 heteroatoms. The van der Waals surface area contributed by atoms with E-state index in [-0.39, 0.29) is 0 Å². The van der Waals surface area contributed by atoms with Gasteiger partial charge in [0.2, 0.25) is 0 Å². The van der Waals surface area contributed by atoms with Gasteiger partial charge < -0.3 is 4.98 Å². The number of aromatic amines is 1. The Morgan fingerprint density at radius 2 is 1.15 bits per heavy atom. The Bertz CT molecular complexity index is 1620. The SMILES string of the molecule is Cc1ccccc1-c1ccc2c([nH]c3cccc(C)c32)c1-c1ccccc1-c1ccccc1. The molecule has 6 rings (SSSR count). The van der Waals surface area contributed by atoms with Crippen molar-refractivity contribution in [3.05, 3.63) is 120 Å². The van der Waals surface area contributed by atoms with Crippen molar-refractivity contribution >= 4 is 21.8 Å². The summed E-state index contributed by atoms with van der Waals surface area (Å²) in [6, 6.07) is 39.3. The maximum atomic E-state index is 3.79. The maximum absolute atomic E-state index is 3.79. The lowest BCUT2D eigenvalue weighted by Crippen LogP contribution is -1.92. The van der Waals surface area contributed by atoms with Gasteiger partial charge in [-0.15, -0.1) is 0 Å². The molecule has 1 N–H and O–H groups in total. The summed E-state index contributed by atoms with van der Waals surface area (Å²) in [7, 11) is 0. The highest BCUT2D eigenvalue weighted by Gasteiger charge is 2.19. The second kappa shape index (κ2) is 7.79. The molecular formula is C32H25N. The van der Waals surface area contributed by atoms with E-state index < -0.39 is 0 Å². The number of benzene rings is 5. The van der Waals surface area contributed by atoms with Crippen LogP contribution in [-0.2, 0) is 0 Å². The zero-order valence-corrected chi connectivity index (χ0v) is 18.9. The van der Waals surface area contributed by atoms with Crippen molar-refractivity contribution < 1.29 is 0 Å². The van der Waals surface area contributed by atoms with Gasteiger partial charge in [-0.05, 0) is 58.9 Å². The molecule has 0 bridgehead atoms. The predicted molar refractivity (Wildman–Crippen MR) is 142 cm³/mol. The highest BCUT2D eigenvalue weighted by Crippen LogP contribution is 2.44. The first-order valence-corrected chi connectivity index (χ1v) is 11.5. The molecule has 0 atom stereocenters. The number of hydrogen-bond acceptors (Lipinski definition) is 0. The van der Waals surface area contributed by atoms with E-state index in [0.717, 1.165) is 0 Å². The summed E-state index contributed by atoms with van der Waals surface area (Å²) in [6.07, 6.45) is 0. The summed E-state index contributed by atoms with van der Waals surface area (Å²) in [5.41, 5.74) is 12.5. The van der Waals surface area contributed by atoms with Gasteiger partial charge in [-0.2, -0.15) is 0 Å². The molecule has 5 aromatic carbocycles. The van der Waals surface area contributed by atoms with E-state index >= 15 is 0 Å². The average molecular weight is 424 g/mol. The standard InChI is InChI=1S/C32H25N/c1-21-11-6-7-15-24(21)27-19-20-28-30-22(2)12-10-18-29(30)33-32(28)31(27)26-17-9-8-16-25(26)23-13-4-3-5-14-23/h3-20,33H,1-2H3. The first kappa shape index (κ1) is 19.6. The summed E-state index contributed by atoms with van der Waals surface area (Å²) in [4.78, 5) is 3.79. The molecule has 1 nitrogen and oxygen atoms in total. The van der Waals surface area contributed by atoms with Crippen LogP contribution < -0.4 is 0 Å². The third kappa shape index (κ3) is 3.16. The second-order valence-electron chi connectivity index (χ2n) is 8.76. The molecule has 33 heavy (non-hydrogen) atoms. The minimum Gasteiger partial charge on any atom is -0.354 e. The molecule has 6 aromatic rings. The number of fused-ring (bicyclic) bond motifs is 3. The van der Waals surface area contributed by atoms with E-state index in [9.17, 15) is 0 Å². The van der Waals surface area contributed by atoms with Gasteiger partial charge in [-0.1, -0.05) is 103 Å². The van der Waals surface area contributed by atoms with Gasteiger partial charge in [0, 0.05) is 21.9 Å². The van der Waals surface area contributed by atoms with Crippen LogP contribution >= 0.6 is 0 Å². The summed E-state index contributed by atoms with van der Waals surface area (Å²) >= 11 is 0. The van der Waals surface area contributed by atoms with E-state index in [0.29, 0.717) is 0 Å². The summed E-state index contributed by atoms with van der Waals surface area (Å²) in [5, 5.41) is 2.58. The van der Waals surface area contributed by atoms with E-state index in [1.807, 2.05) is 0 Å². The lowest BCUT2D eigenvalue weighted by Gasteiger charge is -2.17. The van der Waals surface area contributed by atoms with Gasteiger partial charge in [-0.3, -0.25) is 0 Å². The van der Waals surface area contributed by atoms with Crippen LogP contribution in [0.2, 0.25) is 0 Å². The molecule has 0 saturated carbocycles. The normalized spacial score (nSPS) is 11.3. The van der Waals surface area contributed by atoms with Crippen molar-refractivity contribution in [3.8, 4) is 33.4 Å². The van der Waals surface area contributed by atoms with Crippen LogP contribution in [0.4, 0.5) is 0 Å². The number of nitrogens with one attached hydrogen (secondary N) is 1. The quantitative estimate of drug-likeness (QED) is 0.292. The van der Waals surface area contributed by atoms with Crippen LogP contribution in [-0.4, -0.2) is 4.98 Å². The molecule has 0 radical (unpaired) electrons. The lowest BCUT2D eigenvalue weighted by atomic mass is 9.86. The van der Waals surface area contributed by atoms with Crippen molar-refractivity contribution in [1.82, 2.24) is 4.98 Å². The molecule has 0 aliphatic heterocycles. The van der Waals surface area contributed by atoms with Crippen molar-refractivity contribution in [2.24, 2.45) is 0 Å². The highest BCUT2D eigenvalue weighted by molar-refractivity contribution is 6.16. The number of aromatic nitrogens is 1. The van der Waals surface area contributed by atoms with Crippen LogP contribution in [0.5, 0.6) is 0 Å². The highest BCUT2D eigenvalue weighted by atomic mass is 14.7. The molecular weight excluding hydrogens is 398 g/mol. The maximum Gasteiger partial charge on any atom is 0.0551 e. The largest absolute Gasteiger partial charge is 0.354 e. The minimum atomic E-state index is 1.19. The van der Waals surface area contributed by atoms with Crippen LogP contribution in [0.1, 0.15) is 11.1 Å². The topological polar surface area (TPSA) is 15.8 Å². The zero-order chi connectivity index (χ0) is 22.4. The Morgan fingerprint density at radius 1 is 0.485 bits per heavy atom. The van der Waals surface area contributed by atoms with Crippen molar-refractivity contribution in [1.29, 1.82) is 0 Å². The van der Waals surface area contributed by atoms with Crippen LogP contribution in [0.3, 0.4) is 0 Å². The Labute approximate surface area is 194 Å². The van der Waals surface area contributed by atoms with Crippen LogP contribution in [0.15, 0.2) is 109 Å². The van der Waals surface area contributed by atoms with E-state index in [2.05, 4.69) is 128 Å². The monoisotopic (exact) mass is 423 g/mol. The molecule has 0 spiro atoms. The van der Waals surface area contributed by atoms with E-state index in [1.54, 1.807) is 0 Å². The molecule has 0 aliphatic rings. The molecule has 158 valence electrons. The Balaban J connectivity index is 1.78. The Hall–Kier alpha value is -4.10. The van der Waals surface area contributed by atoms with Crippen LogP contribution in [0, 0.1) is 13.8 Å². The molecule has 0 aliphatic carbocycles. The molecule has 1 aromatic heterocycles. The van der Waals surface area contributed by atoms with Gasteiger partial charge >= 0.3 is 0 Å². The van der Waals surface area contributed by atoms with Crippen molar-refractivity contribution in [3.63, 3.8) is 0 Å². The lowest BCUT2D eigenvalue weighted by molar-refractivity contribution is 1.45. The summed E-state index contributed by atoms with van der Waals surface area (Å²) < 4.78 is 0. The van der Waals surface area contributed by atoms with Gasteiger partial charge in [0.05, 0.1) is 5.52 Å².